The van der Waals surface area contributed by atoms with Gasteiger partial charge in [-0.15, -0.1) is 0 Å². The number of benzene rings is 3. The molecule has 1 heterocycles. The fourth-order valence-corrected chi connectivity index (χ4v) is 4.40. The summed E-state index contributed by atoms with van der Waals surface area (Å²) in [5.41, 5.74) is 7.27. The molecule has 0 aromatic heterocycles. The molecule has 0 fully saturated rings. The second-order valence-electron chi connectivity index (χ2n) is 7.07. The number of hydrogen-bond acceptors (Lipinski definition) is 1. The zero-order valence-corrected chi connectivity index (χ0v) is 16.5. The van der Waals surface area contributed by atoms with Gasteiger partial charge in [-0.2, -0.15) is 0 Å². The van der Waals surface area contributed by atoms with Gasteiger partial charge in [-0.1, -0.05) is 103 Å². The molecule has 0 spiro atoms. The summed E-state index contributed by atoms with van der Waals surface area (Å²) in [6, 6.07) is 30.2. The summed E-state index contributed by atoms with van der Waals surface area (Å²) < 4.78 is 0. The SMILES string of the molecule is C[SiH](C)c1ccc(C2=NC(c3ccccc3)=C(c3ccccc3)C2)cc1. The molecule has 3 aromatic rings. The Balaban J connectivity index is 1.75. The van der Waals surface area contributed by atoms with Crippen molar-refractivity contribution in [3.05, 3.63) is 102 Å². The Labute approximate surface area is 157 Å². The molecule has 3 aromatic carbocycles. The molecule has 4 rings (SSSR count). The fourth-order valence-electron chi connectivity index (χ4n) is 3.43. The molecule has 1 aliphatic rings. The largest absolute Gasteiger partial charge is 0.252 e. The van der Waals surface area contributed by atoms with E-state index >= 15 is 0 Å². The first kappa shape index (κ1) is 16.7. The van der Waals surface area contributed by atoms with E-state index in [9.17, 15) is 0 Å². The summed E-state index contributed by atoms with van der Waals surface area (Å²) in [6.07, 6.45) is 0.882. The Kier molecular flexibility index (Phi) is 4.68. The van der Waals surface area contributed by atoms with E-state index in [1.165, 1.54) is 33.2 Å². The second-order valence-corrected chi connectivity index (χ2v) is 10.0. The maximum Gasteiger partial charge on any atom is 0.0747 e. The average Bonchev–Trinajstić information content (AvgIpc) is 3.15. The van der Waals surface area contributed by atoms with Crippen molar-refractivity contribution in [3.63, 3.8) is 0 Å². The topological polar surface area (TPSA) is 12.4 Å². The lowest BCUT2D eigenvalue weighted by molar-refractivity contribution is 1.47. The van der Waals surface area contributed by atoms with Gasteiger partial charge in [0.05, 0.1) is 20.2 Å². The highest BCUT2D eigenvalue weighted by molar-refractivity contribution is 6.70. The Hall–Kier alpha value is -2.71. The summed E-state index contributed by atoms with van der Waals surface area (Å²) in [6.45, 7) is 4.73. The number of nitrogens with zero attached hydrogens (tertiary/aromatic N) is 1. The van der Waals surface area contributed by atoms with Crippen molar-refractivity contribution in [2.45, 2.75) is 19.5 Å². The molecule has 0 aliphatic carbocycles. The van der Waals surface area contributed by atoms with Gasteiger partial charge >= 0.3 is 0 Å². The van der Waals surface area contributed by atoms with Gasteiger partial charge < -0.3 is 0 Å². The van der Waals surface area contributed by atoms with E-state index in [1.807, 2.05) is 0 Å². The average molecular weight is 354 g/mol. The molecule has 0 bridgehead atoms. The van der Waals surface area contributed by atoms with Gasteiger partial charge in [0.25, 0.3) is 0 Å². The molecular weight excluding hydrogens is 330 g/mol. The molecule has 0 atom stereocenters. The van der Waals surface area contributed by atoms with Crippen LogP contribution in [0.3, 0.4) is 0 Å². The maximum absolute atomic E-state index is 5.07. The second kappa shape index (κ2) is 7.26. The van der Waals surface area contributed by atoms with Crippen molar-refractivity contribution in [1.82, 2.24) is 0 Å². The van der Waals surface area contributed by atoms with Crippen LogP contribution < -0.4 is 5.19 Å². The van der Waals surface area contributed by atoms with E-state index in [2.05, 4.69) is 98.0 Å². The first-order valence-electron chi connectivity index (χ1n) is 9.24. The number of rotatable bonds is 4. The van der Waals surface area contributed by atoms with Gasteiger partial charge in [-0.25, -0.2) is 0 Å². The van der Waals surface area contributed by atoms with Gasteiger partial charge in [-0.3, -0.25) is 4.99 Å². The van der Waals surface area contributed by atoms with E-state index < -0.39 is 8.80 Å². The molecule has 2 heteroatoms. The Morgan fingerprint density at radius 1 is 0.654 bits per heavy atom. The van der Waals surface area contributed by atoms with Gasteiger partial charge in [0, 0.05) is 12.0 Å². The maximum atomic E-state index is 5.07. The molecule has 0 N–H and O–H groups in total. The van der Waals surface area contributed by atoms with E-state index in [0.717, 1.165) is 12.1 Å². The highest BCUT2D eigenvalue weighted by Gasteiger charge is 2.21. The molecule has 0 unspecified atom stereocenters. The van der Waals surface area contributed by atoms with Crippen molar-refractivity contribution in [2.75, 3.05) is 0 Å². The van der Waals surface area contributed by atoms with Crippen molar-refractivity contribution in [2.24, 2.45) is 4.99 Å². The smallest absolute Gasteiger partial charge is 0.0747 e. The van der Waals surface area contributed by atoms with Gasteiger partial charge in [0.1, 0.15) is 0 Å². The monoisotopic (exact) mass is 353 g/mol. The summed E-state index contributed by atoms with van der Waals surface area (Å²) in [5.74, 6) is 0. The van der Waals surface area contributed by atoms with E-state index in [0.29, 0.717) is 0 Å². The normalized spacial score (nSPS) is 14.0. The van der Waals surface area contributed by atoms with Gasteiger partial charge in [0.2, 0.25) is 0 Å². The molecule has 0 saturated carbocycles. The van der Waals surface area contributed by atoms with E-state index in [1.54, 1.807) is 0 Å². The third-order valence-electron chi connectivity index (χ3n) is 4.96. The lowest BCUT2D eigenvalue weighted by Gasteiger charge is -2.07. The van der Waals surface area contributed by atoms with Crippen LogP contribution in [0.25, 0.3) is 11.3 Å². The lowest BCUT2D eigenvalue weighted by Crippen LogP contribution is -2.22. The van der Waals surface area contributed by atoms with Crippen LogP contribution in [-0.4, -0.2) is 14.5 Å². The zero-order valence-electron chi connectivity index (χ0n) is 15.3. The van der Waals surface area contributed by atoms with Crippen LogP contribution >= 0.6 is 0 Å². The highest BCUT2D eigenvalue weighted by Crippen LogP contribution is 2.36. The number of allylic oxidation sites excluding steroid dienone is 1. The van der Waals surface area contributed by atoms with Crippen molar-refractivity contribution >= 4 is 31.0 Å². The molecule has 1 aliphatic heterocycles. The van der Waals surface area contributed by atoms with Crippen LogP contribution in [-0.2, 0) is 0 Å². The predicted molar refractivity (Wildman–Crippen MR) is 116 cm³/mol. The van der Waals surface area contributed by atoms with Gasteiger partial charge in [-0.05, 0) is 16.7 Å². The third kappa shape index (κ3) is 3.33. The molecule has 0 radical (unpaired) electrons. The van der Waals surface area contributed by atoms with Gasteiger partial charge in [0.15, 0.2) is 0 Å². The summed E-state index contributed by atoms with van der Waals surface area (Å²) in [4.78, 5) is 5.07. The predicted octanol–water partition coefficient (Wildman–Crippen LogP) is 5.14. The van der Waals surface area contributed by atoms with E-state index in [4.69, 9.17) is 4.99 Å². The molecule has 26 heavy (non-hydrogen) atoms. The van der Waals surface area contributed by atoms with Crippen molar-refractivity contribution in [3.8, 4) is 0 Å². The quantitative estimate of drug-likeness (QED) is 0.576. The Morgan fingerprint density at radius 2 is 1.23 bits per heavy atom. The molecule has 0 saturated heterocycles. The summed E-state index contributed by atoms with van der Waals surface area (Å²) in [5, 5.41) is 1.51. The first-order valence-corrected chi connectivity index (χ1v) is 12.1. The van der Waals surface area contributed by atoms with Crippen LogP contribution in [0.1, 0.15) is 23.1 Å². The van der Waals surface area contributed by atoms with Crippen LogP contribution in [0.4, 0.5) is 0 Å². The molecular formula is C24H23NSi. The zero-order chi connectivity index (χ0) is 17.9. The number of hydrogen-bond donors (Lipinski definition) is 0. The third-order valence-corrected chi connectivity index (χ3v) is 6.68. The van der Waals surface area contributed by atoms with Crippen LogP contribution in [0.15, 0.2) is 89.9 Å². The van der Waals surface area contributed by atoms with Crippen molar-refractivity contribution < 1.29 is 0 Å². The van der Waals surface area contributed by atoms with Crippen LogP contribution in [0, 0.1) is 0 Å². The summed E-state index contributed by atoms with van der Waals surface area (Å²) in [7, 11) is -0.756. The fraction of sp³-hybridized carbons (Fsp3) is 0.125. The lowest BCUT2D eigenvalue weighted by atomic mass is 9.96. The number of aliphatic imine (C=N–C) groups is 1. The van der Waals surface area contributed by atoms with Crippen LogP contribution in [0.5, 0.6) is 0 Å². The standard InChI is InChI=1S/C24H23NSi/c1-26(2)21-15-13-19(14-16-21)23-17-22(18-9-5-3-6-10-18)24(25-23)20-11-7-4-8-12-20/h3-16,26H,17H2,1-2H3. The minimum atomic E-state index is -0.756. The van der Waals surface area contributed by atoms with E-state index in [-0.39, 0.29) is 0 Å². The minimum Gasteiger partial charge on any atom is -0.252 e. The Bertz CT molecular complexity index is 952. The Morgan fingerprint density at radius 3 is 1.81 bits per heavy atom. The molecule has 1 nitrogen and oxygen atoms in total. The van der Waals surface area contributed by atoms with Crippen LogP contribution in [0.2, 0.25) is 13.1 Å². The first-order chi connectivity index (χ1) is 12.7. The summed E-state index contributed by atoms with van der Waals surface area (Å²) >= 11 is 0. The highest BCUT2D eigenvalue weighted by atomic mass is 28.3. The molecule has 0 amide bonds. The molecule has 128 valence electrons. The minimum absolute atomic E-state index is 0.756. The van der Waals surface area contributed by atoms with Crippen molar-refractivity contribution in [1.29, 1.82) is 0 Å².